The van der Waals surface area contributed by atoms with E-state index in [4.69, 9.17) is 5.73 Å². The first-order chi connectivity index (χ1) is 9.58. The van der Waals surface area contributed by atoms with Crippen LogP contribution in [0.25, 0.3) is 0 Å². The second kappa shape index (κ2) is 6.70. The molecule has 2 heterocycles. The Hall–Kier alpha value is -1.62. The Morgan fingerprint density at radius 2 is 2.15 bits per heavy atom. The van der Waals surface area contributed by atoms with Crippen molar-refractivity contribution in [2.75, 3.05) is 23.3 Å². The highest BCUT2D eigenvalue weighted by molar-refractivity contribution is 5.97. The SMILES string of the molecule is CC(C)C[C@@H](N)C(=O)Nc1cccnc1N1CCCC1. The van der Waals surface area contributed by atoms with Crippen molar-refractivity contribution in [1.82, 2.24) is 4.98 Å². The fourth-order valence-electron chi connectivity index (χ4n) is 2.52. The lowest BCUT2D eigenvalue weighted by atomic mass is 10.0. The van der Waals surface area contributed by atoms with Crippen molar-refractivity contribution in [2.45, 2.75) is 39.2 Å². The zero-order valence-electron chi connectivity index (χ0n) is 12.3. The van der Waals surface area contributed by atoms with Crippen LogP contribution in [0.2, 0.25) is 0 Å². The molecular weight excluding hydrogens is 252 g/mol. The number of carbonyl (C=O) groups excluding carboxylic acids is 1. The average molecular weight is 276 g/mol. The molecule has 0 unspecified atom stereocenters. The topological polar surface area (TPSA) is 71.2 Å². The summed E-state index contributed by atoms with van der Waals surface area (Å²) in [6, 6.07) is 3.26. The van der Waals surface area contributed by atoms with Gasteiger partial charge in [0, 0.05) is 19.3 Å². The molecule has 0 aromatic carbocycles. The summed E-state index contributed by atoms with van der Waals surface area (Å²) in [6.45, 7) is 6.12. The molecule has 3 N–H and O–H groups in total. The maximum absolute atomic E-state index is 12.1. The minimum atomic E-state index is -0.471. The van der Waals surface area contributed by atoms with Crippen molar-refractivity contribution >= 4 is 17.4 Å². The lowest BCUT2D eigenvalue weighted by Crippen LogP contribution is -2.37. The number of rotatable bonds is 5. The molecule has 1 aliphatic heterocycles. The standard InChI is InChI=1S/C15H24N4O/c1-11(2)10-12(16)15(20)18-13-6-5-7-17-14(13)19-8-3-4-9-19/h5-7,11-12H,3-4,8-10,16H2,1-2H3,(H,18,20)/t12-/m1/s1. The highest BCUT2D eigenvalue weighted by Gasteiger charge is 2.20. The van der Waals surface area contributed by atoms with Crippen molar-refractivity contribution in [3.63, 3.8) is 0 Å². The molecule has 1 atom stereocenters. The van der Waals surface area contributed by atoms with Crippen LogP contribution < -0.4 is 16.0 Å². The molecule has 1 aromatic heterocycles. The zero-order chi connectivity index (χ0) is 14.5. The van der Waals surface area contributed by atoms with E-state index in [1.54, 1.807) is 6.20 Å². The van der Waals surface area contributed by atoms with Crippen molar-refractivity contribution in [1.29, 1.82) is 0 Å². The molecule has 1 amide bonds. The van der Waals surface area contributed by atoms with Crippen LogP contribution in [-0.2, 0) is 4.79 Å². The Bertz CT molecular complexity index is 455. The fraction of sp³-hybridized carbons (Fsp3) is 0.600. The molecule has 5 nitrogen and oxygen atoms in total. The third kappa shape index (κ3) is 3.70. The number of nitrogens with zero attached hydrogens (tertiary/aromatic N) is 2. The van der Waals surface area contributed by atoms with Crippen molar-refractivity contribution in [3.05, 3.63) is 18.3 Å². The predicted octanol–water partition coefficient (Wildman–Crippen LogP) is 1.99. The first kappa shape index (κ1) is 14.8. The van der Waals surface area contributed by atoms with E-state index in [2.05, 4.69) is 29.0 Å². The summed E-state index contributed by atoms with van der Waals surface area (Å²) in [5, 5.41) is 2.92. The number of nitrogens with one attached hydrogen (secondary N) is 1. The van der Waals surface area contributed by atoms with Crippen LogP contribution in [0.5, 0.6) is 0 Å². The molecular formula is C15H24N4O. The number of hydrogen-bond donors (Lipinski definition) is 2. The molecule has 110 valence electrons. The molecule has 20 heavy (non-hydrogen) atoms. The quantitative estimate of drug-likeness (QED) is 0.863. The minimum absolute atomic E-state index is 0.132. The van der Waals surface area contributed by atoms with Crippen LogP contribution in [-0.4, -0.2) is 30.0 Å². The summed E-state index contributed by atoms with van der Waals surface area (Å²) < 4.78 is 0. The summed E-state index contributed by atoms with van der Waals surface area (Å²) in [7, 11) is 0. The molecule has 1 aromatic rings. The van der Waals surface area contributed by atoms with Crippen LogP contribution in [0.4, 0.5) is 11.5 Å². The largest absolute Gasteiger partial charge is 0.355 e. The van der Waals surface area contributed by atoms with Crippen LogP contribution in [0.15, 0.2) is 18.3 Å². The van der Waals surface area contributed by atoms with E-state index in [1.807, 2.05) is 12.1 Å². The molecule has 0 bridgehead atoms. The Labute approximate surface area is 120 Å². The first-order valence-corrected chi connectivity index (χ1v) is 7.34. The summed E-state index contributed by atoms with van der Waals surface area (Å²) >= 11 is 0. The van der Waals surface area contributed by atoms with Gasteiger partial charge in [0.1, 0.15) is 0 Å². The Balaban J connectivity index is 2.07. The number of anilines is 2. The van der Waals surface area contributed by atoms with E-state index in [0.29, 0.717) is 12.3 Å². The Morgan fingerprint density at radius 1 is 1.45 bits per heavy atom. The molecule has 2 rings (SSSR count). The second-order valence-corrected chi connectivity index (χ2v) is 5.79. The Kier molecular flexibility index (Phi) is 4.95. The van der Waals surface area contributed by atoms with Crippen LogP contribution >= 0.6 is 0 Å². The zero-order valence-corrected chi connectivity index (χ0v) is 12.3. The maximum Gasteiger partial charge on any atom is 0.241 e. The predicted molar refractivity (Wildman–Crippen MR) is 81.7 cm³/mol. The van der Waals surface area contributed by atoms with Gasteiger partial charge in [-0.3, -0.25) is 4.79 Å². The van der Waals surface area contributed by atoms with Gasteiger partial charge in [-0.25, -0.2) is 4.98 Å². The fourth-order valence-corrected chi connectivity index (χ4v) is 2.52. The number of carbonyl (C=O) groups is 1. The molecule has 1 aliphatic rings. The summed E-state index contributed by atoms with van der Waals surface area (Å²) in [5.74, 6) is 1.13. The van der Waals surface area contributed by atoms with Gasteiger partial charge in [-0.2, -0.15) is 0 Å². The molecule has 1 saturated heterocycles. The third-order valence-electron chi connectivity index (χ3n) is 3.51. The second-order valence-electron chi connectivity index (χ2n) is 5.79. The lowest BCUT2D eigenvalue weighted by Gasteiger charge is -2.21. The van der Waals surface area contributed by atoms with Gasteiger partial charge >= 0.3 is 0 Å². The van der Waals surface area contributed by atoms with Gasteiger partial charge in [0.15, 0.2) is 5.82 Å². The summed E-state index contributed by atoms with van der Waals surface area (Å²) in [5.41, 5.74) is 6.69. The Morgan fingerprint density at radius 3 is 2.80 bits per heavy atom. The number of amides is 1. The molecule has 0 spiro atoms. The molecule has 0 saturated carbocycles. The van der Waals surface area contributed by atoms with Crippen molar-refractivity contribution in [2.24, 2.45) is 11.7 Å². The van der Waals surface area contributed by atoms with E-state index in [0.717, 1.165) is 24.6 Å². The van der Waals surface area contributed by atoms with Gasteiger partial charge in [0.05, 0.1) is 11.7 Å². The molecule has 1 fully saturated rings. The maximum atomic E-state index is 12.1. The summed E-state index contributed by atoms with van der Waals surface area (Å²) in [4.78, 5) is 18.7. The average Bonchev–Trinajstić information content (AvgIpc) is 2.92. The van der Waals surface area contributed by atoms with Gasteiger partial charge in [-0.1, -0.05) is 13.8 Å². The van der Waals surface area contributed by atoms with E-state index in [-0.39, 0.29) is 5.91 Å². The van der Waals surface area contributed by atoms with Crippen molar-refractivity contribution < 1.29 is 4.79 Å². The van der Waals surface area contributed by atoms with E-state index in [1.165, 1.54) is 12.8 Å². The molecule has 0 radical (unpaired) electrons. The van der Waals surface area contributed by atoms with Crippen molar-refractivity contribution in [3.8, 4) is 0 Å². The van der Waals surface area contributed by atoms with Crippen LogP contribution in [0.3, 0.4) is 0 Å². The number of pyridine rings is 1. The minimum Gasteiger partial charge on any atom is -0.355 e. The van der Waals surface area contributed by atoms with E-state index in [9.17, 15) is 4.79 Å². The first-order valence-electron chi connectivity index (χ1n) is 7.34. The van der Waals surface area contributed by atoms with Gasteiger partial charge in [0.25, 0.3) is 0 Å². The summed E-state index contributed by atoms with van der Waals surface area (Å²) in [6.07, 6.45) is 4.80. The van der Waals surface area contributed by atoms with Gasteiger partial charge < -0.3 is 16.0 Å². The van der Waals surface area contributed by atoms with E-state index >= 15 is 0 Å². The molecule has 0 aliphatic carbocycles. The lowest BCUT2D eigenvalue weighted by molar-refractivity contribution is -0.117. The van der Waals surface area contributed by atoms with Crippen LogP contribution in [0, 0.1) is 5.92 Å². The van der Waals surface area contributed by atoms with E-state index < -0.39 is 6.04 Å². The number of hydrogen-bond acceptors (Lipinski definition) is 4. The van der Waals surface area contributed by atoms with Crippen LogP contribution in [0.1, 0.15) is 33.1 Å². The third-order valence-corrected chi connectivity index (χ3v) is 3.51. The van der Waals surface area contributed by atoms with Gasteiger partial charge in [-0.15, -0.1) is 0 Å². The highest BCUT2D eigenvalue weighted by atomic mass is 16.2. The highest BCUT2D eigenvalue weighted by Crippen LogP contribution is 2.26. The monoisotopic (exact) mass is 276 g/mol. The van der Waals surface area contributed by atoms with Gasteiger partial charge in [-0.05, 0) is 37.3 Å². The molecule has 5 heteroatoms. The van der Waals surface area contributed by atoms with Gasteiger partial charge in [0.2, 0.25) is 5.91 Å². The number of nitrogens with two attached hydrogens (primary N) is 1. The smallest absolute Gasteiger partial charge is 0.241 e. The number of aromatic nitrogens is 1. The normalized spacial score (nSPS) is 16.5.